The number of aryl methyl sites for hydroxylation is 1. The van der Waals surface area contributed by atoms with E-state index in [-0.39, 0.29) is 46.4 Å². The molecule has 5 heterocycles. The molecule has 1 N–H and O–H groups in total. The fraction of sp³-hybridized carbons (Fsp3) is 0.545. The van der Waals surface area contributed by atoms with Crippen LogP contribution in [0, 0.1) is 6.92 Å². The number of halogens is 2. The molecule has 1 aliphatic carbocycles. The van der Waals surface area contributed by atoms with Gasteiger partial charge in [0.15, 0.2) is 0 Å². The fourth-order valence-corrected chi connectivity index (χ4v) is 9.50. The highest BCUT2D eigenvalue weighted by atomic mass is 32.2. The fourth-order valence-electron chi connectivity index (χ4n) is 6.90. The molecule has 1 saturated carbocycles. The van der Waals surface area contributed by atoms with Gasteiger partial charge in [0.25, 0.3) is 11.5 Å². The average molecular weight is 749 g/mol. The van der Waals surface area contributed by atoms with Crippen molar-refractivity contribution >= 4 is 37.5 Å². The van der Waals surface area contributed by atoms with Crippen LogP contribution in [0.1, 0.15) is 76.5 Å². The number of benzene rings is 1. The van der Waals surface area contributed by atoms with E-state index in [0.717, 1.165) is 28.7 Å². The summed E-state index contributed by atoms with van der Waals surface area (Å²) in [6, 6.07) is 6.15. The third-order valence-electron chi connectivity index (χ3n) is 10.2. The molecule has 2 saturated heterocycles. The zero-order valence-electron chi connectivity index (χ0n) is 28.4. The van der Waals surface area contributed by atoms with E-state index in [1.165, 1.54) is 48.6 Å². The van der Waals surface area contributed by atoms with Crippen LogP contribution in [-0.4, -0.2) is 68.1 Å². The zero-order chi connectivity index (χ0) is 36.5. The molecule has 1 amide bonds. The van der Waals surface area contributed by atoms with Crippen molar-refractivity contribution in [2.24, 2.45) is 0 Å². The second-order valence-corrected chi connectivity index (χ2v) is 17.3. The first-order valence-electron chi connectivity index (χ1n) is 16.7. The SMILES string of the molecule is Cc1c(-n2nccn2)sc2c1c(=O)n(C(C)(C)C(=O)NS(=O)(=O)C1(C)CC1)c(=O)n2C[C@H](O[C@H]1C[C@H]2CC[C@@H](C1)O2)c1ccccc1OC(F)F. The minimum Gasteiger partial charge on any atom is -0.434 e. The zero-order valence-corrected chi connectivity index (χ0v) is 30.0. The topological polar surface area (TPSA) is 166 Å². The minimum atomic E-state index is -4.13. The molecule has 4 aromatic rings. The van der Waals surface area contributed by atoms with Crippen molar-refractivity contribution in [1.82, 2.24) is 28.9 Å². The van der Waals surface area contributed by atoms with Crippen LogP contribution in [-0.2, 0) is 36.4 Å². The van der Waals surface area contributed by atoms with Gasteiger partial charge in [-0.05, 0) is 72.3 Å². The van der Waals surface area contributed by atoms with Gasteiger partial charge >= 0.3 is 12.3 Å². The lowest BCUT2D eigenvalue weighted by molar-refractivity contribution is -0.126. The van der Waals surface area contributed by atoms with E-state index in [1.807, 2.05) is 0 Å². The van der Waals surface area contributed by atoms with Crippen LogP contribution in [0.3, 0.4) is 0 Å². The number of carbonyl (C=O) groups is 1. The molecule has 3 aliphatic rings. The molecular weight excluding hydrogens is 711 g/mol. The summed E-state index contributed by atoms with van der Waals surface area (Å²) in [6.07, 6.45) is 5.06. The molecule has 2 bridgehead atoms. The average Bonchev–Trinajstić information content (AvgIpc) is 3.35. The second-order valence-electron chi connectivity index (χ2n) is 14.1. The van der Waals surface area contributed by atoms with Crippen molar-refractivity contribution in [2.75, 3.05) is 0 Å². The number of amides is 1. The lowest BCUT2D eigenvalue weighted by Crippen LogP contribution is -2.57. The summed E-state index contributed by atoms with van der Waals surface area (Å²) >= 11 is 1.06. The molecule has 7 rings (SSSR count). The third-order valence-corrected chi connectivity index (χ3v) is 13.6. The number of sulfonamides is 1. The number of carbonyl (C=O) groups excluding carboxylic acids is 1. The Balaban J connectivity index is 1.40. The highest BCUT2D eigenvalue weighted by Gasteiger charge is 2.52. The Bertz CT molecular complexity index is 2200. The Morgan fingerprint density at radius 2 is 1.78 bits per heavy atom. The number of para-hydroxylation sites is 1. The predicted octanol–water partition coefficient (Wildman–Crippen LogP) is 3.92. The van der Waals surface area contributed by atoms with Crippen molar-refractivity contribution in [1.29, 1.82) is 0 Å². The van der Waals surface area contributed by atoms with E-state index < -0.39 is 50.2 Å². The quantitative estimate of drug-likeness (QED) is 0.225. The van der Waals surface area contributed by atoms with Crippen LogP contribution in [0.5, 0.6) is 5.75 Å². The minimum absolute atomic E-state index is 0.0177. The molecule has 18 heteroatoms. The highest BCUT2D eigenvalue weighted by molar-refractivity contribution is 7.91. The molecule has 4 atom stereocenters. The first-order chi connectivity index (χ1) is 24.1. The summed E-state index contributed by atoms with van der Waals surface area (Å²) in [5, 5.41) is 8.90. The van der Waals surface area contributed by atoms with Gasteiger partial charge in [0.2, 0.25) is 10.0 Å². The number of hydrogen-bond acceptors (Lipinski definition) is 11. The normalized spacial score (nSPS) is 22.0. The van der Waals surface area contributed by atoms with Gasteiger partial charge in [0.1, 0.15) is 27.2 Å². The van der Waals surface area contributed by atoms with E-state index in [1.54, 1.807) is 25.1 Å². The molecule has 0 unspecified atom stereocenters. The van der Waals surface area contributed by atoms with Crippen LogP contribution >= 0.6 is 11.3 Å². The Hall–Kier alpha value is -4.00. The van der Waals surface area contributed by atoms with Crippen molar-refractivity contribution in [3.05, 3.63) is 68.6 Å². The molecule has 2 aliphatic heterocycles. The number of hydrogen-bond donors (Lipinski definition) is 1. The van der Waals surface area contributed by atoms with Gasteiger partial charge in [-0.1, -0.05) is 29.5 Å². The van der Waals surface area contributed by atoms with Crippen molar-refractivity contribution in [3.63, 3.8) is 0 Å². The number of nitrogens with zero attached hydrogens (tertiary/aromatic N) is 5. The number of fused-ring (bicyclic) bond motifs is 3. The highest BCUT2D eigenvalue weighted by Crippen LogP contribution is 2.43. The molecule has 3 fully saturated rings. The maximum Gasteiger partial charge on any atom is 0.387 e. The molecule has 14 nitrogen and oxygen atoms in total. The first-order valence-corrected chi connectivity index (χ1v) is 19.0. The second kappa shape index (κ2) is 12.9. The van der Waals surface area contributed by atoms with E-state index in [2.05, 4.69) is 14.9 Å². The summed E-state index contributed by atoms with van der Waals surface area (Å²) in [4.78, 5) is 44.4. The smallest absolute Gasteiger partial charge is 0.387 e. The lowest BCUT2D eigenvalue weighted by atomic mass is 10.0. The Labute approximate surface area is 295 Å². The Kier molecular flexibility index (Phi) is 8.95. The summed E-state index contributed by atoms with van der Waals surface area (Å²) in [5.74, 6) is -1.21. The number of ether oxygens (including phenoxy) is 3. The largest absolute Gasteiger partial charge is 0.434 e. The third kappa shape index (κ3) is 6.40. The standard InChI is InChI=1S/C33H38F2N6O8S2/c1-18-25-26(42)40(32(2,3)29(43)38-51(45,46)33(4)11-12-33)31(44)39(28(25)50-27(18)41-36-13-14-37-41)17-24(22-7-5-6-8-23(22)49-30(34)35)48-21-15-19-9-10-20(16-21)47-19/h5-8,13-14,19-21,24,30H,9-12,15-17H2,1-4H3,(H,38,43)/t19-,20+,21+,24-/m0/s1. The molecule has 51 heavy (non-hydrogen) atoms. The number of nitrogens with one attached hydrogen (secondary N) is 1. The van der Waals surface area contributed by atoms with Crippen molar-refractivity contribution < 1.29 is 36.2 Å². The van der Waals surface area contributed by atoms with Gasteiger partial charge in [-0.3, -0.25) is 18.9 Å². The van der Waals surface area contributed by atoms with Crippen LogP contribution in [0.2, 0.25) is 0 Å². The number of aromatic nitrogens is 5. The number of thiophene rings is 1. The molecule has 0 spiro atoms. The van der Waals surface area contributed by atoms with Gasteiger partial charge < -0.3 is 14.2 Å². The van der Waals surface area contributed by atoms with Gasteiger partial charge in [-0.25, -0.2) is 17.8 Å². The first kappa shape index (κ1) is 35.4. The van der Waals surface area contributed by atoms with Crippen molar-refractivity contribution in [2.45, 2.75) is 114 Å². The molecule has 0 radical (unpaired) electrons. The summed E-state index contributed by atoms with van der Waals surface area (Å²) in [7, 11) is -4.13. The monoisotopic (exact) mass is 748 g/mol. The maximum atomic E-state index is 14.7. The molecule has 1 aromatic carbocycles. The number of rotatable bonds is 12. The van der Waals surface area contributed by atoms with E-state index in [9.17, 15) is 31.6 Å². The van der Waals surface area contributed by atoms with Crippen LogP contribution < -0.4 is 20.7 Å². The Morgan fingerprint density at radius 3 is 2.41 bits per heavy atom. The van der Waals surface area contributed by atoms with Gasteiger partial charge in [0.05, 0.1) is 47.4 Å². The lowest BCUT2D eigenvalue weighted by Gasteiger charge is -2.33. The van der Waals surface area contributed by atoms with Crippen LogP contribution in [0.15, 0.2) is 46.2 Å². The number of alkyl halides is 2. The summed E-state index contributed by atoms with van der Waals surface area (Å²) in [5.41, 5.74) is -3.11. The summed E-state index contributed by atoms with van der Waals surface area (Å²) in [6.45, 7) is 2.33. The van der Waals surface area contributed by atoms with Gasteiger partial charge in [-0.15, -0.1) is 4.80 Å². The van der Waals surface area contributed by atoms with Crippen molar-refractivity contribution in [3.8, 4) is 10.8 Å². The van der Waals surface area contributed by atoms with Crippen LogP contribution in [0.25, 0.3) is 15.2 Å². The van der Waals surface area contributed by atoms with E-state index >= 15 is 0 Å². The van der Waals surface area contributed by atoms with Gasteiger partial charge in [0, 0.05) is 11.1 Å². The molecule has 3 aromatic heterocycles. The summed E-state index contributed by atoms with van der Waals surface area (Å²) < 4.78 is 74.0. The predicted molar refractivity (Wildman–Crippen MR) is 182 cm³/mol. The van der Waals surface area contributed by atoms with E-state index in [4.69, 9.17) is 14.2 Å². The Morgan fingerprint density at radius 1 is 1.14 bits per heavy atom. The van der Waals surface area contributed by atoms with E-state index in [0.29, 0.717) is 36.2 Å². The molecule has 274 valence electrons. The van der Waals surface area contributed by atoms with Crippen LogP contribution in [0.4, 0.5) is 8.78 Å². The molecular formula is C33H38F2N6O8S2. The van der Waals surface area contributed by atoms with Gasteiger partial charge in [-0.2, -0.15) is 19.0 Å². The maximum absolute atomic E-state index is 14.7.